The third kappa shape index (κ3) is 4.00. The van der Waals surface area contributed by atoms with Gasteiger partial charge in [0.2, 0.25) is 0 Å². The summed E-state index contributed by atoms with van der Waals surface area (Å²) < 4.78 is 13.1. The highest BCUT2D eigenvalue weighted by molar-refractivity contribution is 6.31. The van der Waals surface area contributed by atoms with Gasteiger partial charge in [-0.1, -0.05) is 37.1 Å². The Labute approximate surface area is 100 Å². The van der Waals surface area contributed by atoms with Gasteiger partial charge >= 0.3 is 0 Å². The normalized spacial score (nSPS) is 12.8. The molecule has 1 aromatic rings. The minimum Gasteiger partial charge on any atom is -0.205 e. The smallest absolute Gasteiger partial charge is 0.142 e. The van der Waals surface area contributed by atoms with Gasteiger partial charge in [-0.15, -0.1) is 11.6 Å². The molecule has 0 aromatic heterocycles. The van der Waals surface area contributed by atoms with Crippen LogP contribution in [0.25, 0.3) is 0 Å². The average Bonchev–Trinajstić information content (AvgIpc) is 2.21. The Morgan fingerprint density at radius 2 is 2.07 bits per heavy atom. The zero-order valence-corrected chi connectivity index (χ0v) is 10.3. The maximum atomic E-state index is 13.1. The molecule has 0 saturated heterocycles. The molecule has 1 unspecified atom stereocenters. The maximum Gasteiger partial charge on any atom is 0.142 e. The van der Waals surface area contributed by atoms with E-state index in [1.54, 1.807) is 6.07 Å². The fourth-order valence-electron chi connectivity index (χ4n) is 1.51. The van der Waals surface area contributed by atoms with Gasteiger partial charge in [0.15, 0.2) is 0 Å². The number of benzene rings is 1. The van der Waals surface area contributed by atoms with Crippen LogP contribution in [0.15, 0.2) is 18.2 Å². The summed E-state index contributed by atoms with van der Waals surface area (Å²) in [5, 5.41) is 0.396. The van der Waals surface area contributed by atoms with Crippen molar-refractivity contribution in [2.24, 2.45) is 0 Å². The summed E-state index contributed by atoms with van der Waals surface area (Å²) in [5.41, 5.74) is 0.846. The van der Waals surface area contributed by atoms with Crippen LogP contribution in [0.4, 0.5) is 4.39 Å². The van der Waals surface area contributed by atoms with E-state index in [4.69, 9.17) is 23.2 Å². The molecule has 0 heterocycles. The van der Waals surface area contributed by atoms with Crippen molar-refractivity contribution in [1.82, 2.24) is 0 Å². The summed E-state index contributed by atoms with van der Waals surface area (Å²) in [5.74, 6) is -0.351. The summed E-state index contributed by atoms with van der Waals surface area (Å²) in [6.07, 6.45) is 3.66. The molecule has 1 atom stereocenters. The van der Waals surface area contributed by atoms with Crippen molar-refractivity contribution < 1.29 is 4.39 Å². The molecule has 0 nitrogen and oxygen atoms in total. The number of rotatable bonds is 5. The molecule has 3 heteroatoms. The summed E-state index contributed by atoms with van der Waals surface area (Å²) in [6, 6.07) is 4.90. The minimum atomic E-state index is -0.351. The molecule has 0 bridgehead atoms. The van der Waals surface area contributed by atoms with E-state index in [0.717, 1.165) is 31.2 Å². The number of hydrogen-bond donors (Lipinski definition) is 0. The first-order valence-electron chi connectivity index (χ1n) is 5.22. The van der Waals surface area contributed by atoms with Crippen molar-refractivity contribution in [3.8, 4) is 0 Å². The highest BCUT2D eigenvalue weighted by Gasteiger charge is 2.08. The van der Waals surface area contributed by atoms with Crippen LogP contribution in [0.5, 0.6) is 0 Å². The van der Waals surface area contributed by atoms with Crippen molar-refractivity contribution in [3.63, 3.8) is 0 Å². The van der Waals surface area contributed by atoms with E-state index in [-0.39, 0.29) is 16.2 Å². The molecular weight excluding hydrogens is 234 g/mol. The number of alkyl halides is 1. The predicted molar refractivity (Wildman–Crippen MR) is 64.3 cm³/mol. The number of hydrogen-bond acceptors (Lipinski definition) is 0. The van der Waals surface area contributed by atoms with E-state index in [9.17, 15) is 4.39 Å². The van der Waals surface area contributed by atoms with Crippen LogP contribution in [0.1, 0.15) is 31.7 Å². The van der Waals surface area contributed by atoms with Crippen molar-refractivity contribution in [3.05, 3.63) is 34.6 Å². The van der Waals surface area contributed by atoms with Crippen LogP contribution in [0.2, 0.25) is 5.02 Å². The first-order valence-corrected chi connectivity index (χ1v) is 6.03. The fourth-order valence-corrected chi connectivity index (χ4v) is 2.06. The van der Waals surface area contributed by atoms with Gasteiger partial charge in [-0.05, 0) is 30.9 Å². The SMILES string of the molecule is CCCC(Cl)CCc1cccc(F)c1Cl. The zero-order valence-electron chi connectivity index (χ0n) is 8.77. The van der Waals surface area contributed by atoms with Gasteiger partial charge in [0.1, 0.15) is 5.82 Å². The molecule has 84 valence electrons. The molecule has 0 aliphatic rings. The molecule has 1 rings (SSSR count). The standard InChI is InChI=1S/C12H15Cl2F/c1-2-4-10(13)8-7-9-5-3-6-11(15)12(9)14/h3,5-6,10H,2,4,7-8H2,1H3. The Bertz CT molecular complexity index is 312. The first-order chi connectivity index (χ1) is 7.15. The first kappa shape index (κ1) is 12.8. The van der Waals surface area contributed by atoms with Gasteiger partial charge in [0.05, 0.1) is 5.02 Å². The molecule has 0 amide bonds. The fraction of sp³-hybridized carbons (Fsp3) is 0.500. The van der Waals surface area contributed by atoms with E-state index < -0.39 is 0 Å². The van der Waals surface area contributed by atoms with Crippen LogP contribution in [0.3, 0.4) is 0 Å². The van der Waals surface area contributed by atoms with Gasteiger partial charge < -0.3 is 0 Å². The number of halogens is 3. The quantitative estimate of drug-likeness (QED) is 0.656. The molecule has 15 heavy (non-hydrogen) atoms. The van der Waals surface area contributed by atoms with Crippen LogP contribution in [-0.2, 0) is 6.42 Å². The topological polar surface area (TPSA) is 0 Å². The second-order valence-electron chi connectivity index (χ2n) is 3.64. The van der Waals surface area contributed by atoms with Gasteiger partial charge in [0.25, 0.3) is 0 Å². The summed E-state index contributed by atoms with van der Waals surface area (Å²) in [6.45, 7) is 2.10. The Kier molecular flexibility index (Phi) is 5.41. The summed E-state index contributed by atoms with van der Waals surface area (Å²) >= 11 is 11.9. The van der Waals surface area contributed by atoms with E-state index in [1.165, 1.54) is 6.07 Å². The number of aryl methyl sites for hydroxylation is 1. The Morgan fingerprint density at radius 1 is 1.33 bits per heavy atom. The molecule has 0 spiro atoms. The van der Waals surface area contributed by atoms with E-state index >= 15 is 0 Å². The maximum absolute atomic E-state index is 13.1. The molecule has 0 aliphatic heterocycles. The van der Waals surface area contributed by atoms with Crippen molar-refractivity contribution in [2.75, 3.05) is 0 Å². The Hall–Kier alpha value is -0.270. The Balaban J connectivity index is 2.54. The van der Waals surface area contributed by atoms with Crippen molar-refractivity contribution in [2.45, 2.75) is 38.0 Å². The van der Waals surface area contributed by atoms with Crippen LogP contribution in [0, 0.1) is 5.82 Å². The third-order valence-electron chi connectivity index (χ3n) is 2.36. The summed E-state index contributed by atoms with van der Waals surface area (Å²) in [7, 11) is 0. The molecule has 0 saturated carbocycles. The lowest BCUT2D eigenvalue weighted by molar-refractivity contribution is 0.622. The molecule has 0 aliphatic carbocycles. The second kappa shape index (κ2) is 6.34. The Morgan fingerprint density at radius 3 is 2.73 bits per heavy atom. The van der Waals surface area contributed by atoms with E-state index in [1.807, 2.05) is 6.07 Å². The lowest BCUT2D eigenvalue weighted by Crippen LogP contribution is -2.01. The molecular formula is C12H15Cl2F. The van der Waals surface area contributed by atoms with Crippen LogP contribution < -0.4 is 0 Å². The zero-order chi connectivity index (χ0) is 11.3. The predicted octanol–water partition coefficient (Wildman–Crippen LogP) is 4.82. The summed E-state index contributed by atoms with van der Waals surface area (Å²) in [4.78, 5) is 0. The largest absolute Gasteiger partial charge is 0.205 e. The minimum absolute atomic E-state index is 0.161. The molecule has 1 aromatic carbocycles. The van der Waals surface area contributed by atoms with Gasteiger partial charge in [-0.25, -0.2) is 4.39 Å². The second-order valence-corrected chi connectivity index (χ2v) is 4.63. The van der Waals surface area contributed by atoms with Gasteiger partial charge in [-0.3, -0.25) is 0 Å². The van der Waals surface area contributed by atoms with Crippen LogP contribution >= 0.6 is 23.2 Å². The van der Waals surface area contributed by atoms with Gasteiger partial charge in [0, 0.05) is 5.38 Å². The average molecular weight is 249 g/mol. The monoisotopic (exact) mass is 248 g/mol. The third-order valence-corrected chi connectivity index (χ3v) is 3.22. The van der Waals surface area contributed by atoms with Crippen LogP contribution in [-0.4, -0.2) is 5.38 Å². The molecule has 0 N–H and O–H groups in total. The molecule has 0 radical (unpaired) electrons. The van der Waals surface area contributed by atoms with Crippen molar-refractivity contribution >= 4 is 23.2 Å². The van der Waals surface area contributed by atoms with E-state index in [0.29, 0.717) is 0 Å². The lowest BCUT2D eigenvalue weighted by Gasteiger charge is -2.09. The highest BCUT2D eigenvalue weighted by atomic mass is 35.5. The lowest BCUT2D eigenvalue weighted by atomic mass is 10.1. The highest BCUT2D eigenvalue weighted by Crippen LogP contribution is 2.22. The molecule has 0 fully saturated rings. The van der Waals surface area contributed by atoms with Gasteiger partial charge in [-0.2, -0.15) is 0 Å². The van der Waals surface area contributed by atoms with E-state index in [2.05, 4.69) is 6.92 Å². The van der Waals surface area contributed by atoms with Crippen molar-refractivity contribution in [1.29, 1.82) is 0 Å².